The Morgan fingerprint density at radius 2 is 1.53 bits per heavy atom. The van der Waals surface area contributed by atoms with E-state index in [-0.39, 0.29) is 5.91 Å². The monoisotopic (exact) mass is 489 g/mol. The Labute approximate surface area is 214 Å². The summed E-state index contributed by atoms with van der Waals surface area (Å²) in [6.07, 6.45) is 12.1. The molecule has 2 saturated heterocycles. The highest BCUT2D eigenvalue weighted by Crippen LogP contribution is 2.41. The van der Waals surface area contributed by atoms with Crippen molar-refractivity contribution >= 4 is 5.91 Å². The second-order valence-corrected chi connectivity index (χ2v) is 10.6. The summed E-state index contributed by atoms with van der Waals surface area (Å²) in [5.41, 5.74) is 2.29. The number of amides is 1. The van der Waals surface area contributed by atoms with Crippen molar-refractivity contribution < 1.29 is 4.79 Å². The summed E-state index contributed by atoms with van der Waals surface area (Å²) in [6, 6.07) is 8.84. The van der Waals surface area contributed by atoms with E-state index in [2.05, 4.69) is 55.7 Å². The Hall–Kier alpha value is -2.97. The Morgan fingerprint density at radius 3 is 2.03 bits per heavy atom. The van der Waals surface area contributed by atoms with Crippen LogP contribution in [-0.2, 0) is 19.6 Å². The third-order valence-electron chi connectivity index (χ3n) is 8.12. The molecule has 1 spiro atoms. The van der Waals surface area contributed by atoms with Gasteiger partial charge in [-0.15, -0.1) is 0 Å². The summed E-state index contributed by atoms with van der Waals surface area (Å²) >= 11 is 0. The number of piperidine rings is 1. The van der Waals surface area contributed by atoms with Gasteiger partial charge < -0.3 is 19.8 Å². The molecule has 2 aliphatic heterocycles. The van der Waals surface area contributed by atoms with Crippen LogP contribution >= 0.6 is 0 Å². The summed E-state index contributed by atoms with van der Waals surface area (Å²) in [5, 5.41) is 0. The summed E-state index contributed by atoms with van der Waals surface area (Å²) in [5.74, 6) is 2.01. The van der Waals surface area contributed by atoms with Crippen molar-refractivity contribution in [2.24, 2.45) is 5.41 Å². The van der Waals surface area contributed by atoms with Crippen LogP contribution in [0.2, 0.25) is 0 Å². The number of benzene rings is 1. The number of H-pyrrole nitrogens is 2. The van der Waals surface area contributed by atoms with Crippen LogP contribution in [0.4, 0.5) is 0 Å². The molecule has 5 rings (SSSR count). The fraction of sp³-hybridized carbons (Fsp3) is 0.536. The van der Waals surface area contributed by atoms with Gasteiger partial charge in [-0.3, -0.25) is 9.69 Å². The van der Waals surface area contributed by atoms with Crippen molar-refractivity contribution in [3.8, 4) is 0 Å². The number of hydrogen-bond acceptors (Lipinski definition) is 5. The summed E-state index contributed by atoms with van der Waals surface area (Å²) in [4.78, 5) is 35.3. The van der Waals surface area contributed by atoms with Crippen molar-refractivity contribution in [2.45, 2.75) is 65.2 Å². The van der Waals surface area contributed by atoms with E-state index in [0.717, 1.165) is 36.8 Å². The third-order valence-corrected chi connectivity index (χ3v) is 8.12. The number of aromatic nitrogens is 4. The third kappa shape index (κ3) is 5.55. The molecule has 2 N–H and O–H groups in total. The normalized spacial score (nSPS) is 17.7. The molecule has 8 heteroatoms. The van der Waals surface area contributed by atoms with Gasteiger partial charge in [-0.1, -0.05) is 26.0 Å². The molecular weight excluding hydrogens is 450 g/mol. The SMILES string of the molecule is CCC(CC)N1CCC2(CC1)CN(C(=O)c1ccc(CN(Cc3ncc[nH]3)Cc3ncc[nH]3)cc1)C2. The van der Waals surface area contributed by atoms with Gasteiger partial charge in [0.15, 0.2) is 0 Å². The van der Waals surface area contributed by atoms with E-state index < -0.39 is 0 Å². The molecular formula is C28H39N7O. The van der Waals surface area contributed by atoms with Gasteiger partial charge in [0.1, 0.15) is 11.6 Å². The first-order chi connectivity index (χ1) is 17.6. The van der Waals surface area contributed by atoms with E-state index in [0.29, 0.717) is 24.5 Å². The van der Waals surface area contributed by atoms with Crippen LogP contribution < -0.4 is 0 Å². The van der Waals surface area contributed by atoms with Gasteiger partial charge in [-0.25, -0.2) is 9.97 Å². The minimum Gasteiger partial charge on any atom is -0.348 e. The number of imidazole rings is 2. The van der Waals surface area contributed by atoms with Gasteiger partial charge in [-0.05, 0) is 56.5 Å². The maximum Gasteiger partial charge on any atom is 0.253 e. The molecule has 2 aromatic heterocycles. The predicted octanol–water partition coefficient (Wildman–Crippen LogP) is 4.06. The summed E-state index contributed by atoms with van der Waals surface area (Å²) < 4.78 is 0. The molecule has 2 aliphatic rings. The molecule has 3 aromatic rings. The molecule has 0 aliphatic carbocycles. The van der Waals surface area contributed by atoms with Crippen LogP contribution in [0.25, 0.3) is 0 Å². The molecule has 1 amide bonds. The van der Waals surface area contributed by atoms with Crippen molar-refractivity contribution in [3.05, 3.63) is 71.8 Å². The Morgan fingerprint density at radius 1 is 0.944 bits per heavy atom. The number of aromatic amines is 2. The van der Waals surface area contributed by atoms with E-state index >= 15 is 0 Å². The standard InChI is InChI=1S/C28H39N7O/c1-3-24(4-2)34-15-9-28(10-16-34)20-35(21-28)27(36)23-7-5-22(6-8-23)17-33(18-25-29-11-12-30-25)19-26-31-13-14-32-26/h5-8,11-14,24H,3-4,9-10,15-21H2,1-2H3,(H,29,30)(H,31,32). The first kappa shape index (κ1) is 24.7. The van der Waals surface area contributed by atoms with Crippen LogP contribution in [0.1, 0.15) is 67.1 Å². The van der Waals surface area contributed by atoms with Gasteiger partial charge in [0.25, 0.3) is 5.91 Å². The van der Waals surface area contributed by atoms with Gasteiger partial charge in [-0.2, -0.15) is 0 Å². The van der Waals surface area contributed by atoms with E-state index in [1.165, 1.54) is 44.3 Å². The quantitative estimate of drug-likeness (QED) is 0.449. The minimum absolute atomic E-state index is 0.164. The molecule has 0 bridgehead atoms. The number of carbonyl (C=O) groups is 1. The number of nitrogens with zero attached hydrogens (tertiary/aromatic N) is 5. The van der Waals surface area contributed by atoms with Crippen LogP contribution in [0.3, 0.4) is 0 Å². The Kier molecular flexibility index (Phi) is 7.53. The molecule has 0 atom stereocenters. The van der Waals surface area contributed by atoms with Gasteiger partial charge in [0, 0.05) is 61.4 Å². The van der Waals surface area contributed by atoms with E-state index in [1.807, 2.05) is 29.4 Å². The number of nitrogens with one attached hydrogen (secondary N) is 2. The molecule has 2 fully saturated rings. The Balaban J connectivity index is 1.15. The fourth-order valence-electron chi connectivity index (χ4n) is 5.95. The largest absolute Gasteiger partial charge is 0.348 e. The van der Waals surface area contributed by atoms with E-state index in [9.17, 15) is 4.79 Å². The molecule has 8 nitrogen and oxygen atoms in total. The zero-order chi connectivity index (χ0) is 25.0. The number of carbonyl (C=O) groups excluding carboxylic acids is 1. The average Bonchev–Trinajstić information content (AvgIpc) is 3.59. The van der Waals surface area contributed by atoms with Crippen LogP contribution in [0.5, 0.6) is 0 Å². The minimum atomic E-state index is 0.164. The average molecular weight is 490 g/mol. The maximum absolute atomic E-state index is 13.2. The maximum atomic E-state index is 13.2. The lowest BCUT2D eigenvalue weighted by atomic mass is 9.71. The topological polar surface area (TPSA) is 84.2 Å². The van der Waals surface area contributed by atoms with Crippen LogP contribution in [-0.4, -0.2) is 72.8 Å². The smallest absolute Gasteiger partial charge is 0.253 e. The molecule has 0 radical (unpaired) electrons. The molecule has 0 unspecified atom stereocenters. The lowest BCUT2D eigenvalue weighted by Gasteiger charge is -2.54. The highest BCUT2D eigenvalue weighted by Gasteiger charge is 2.47. The molecule has 36 heavy (non-hydrogen) atoms. The van der Waals surface area contributed by atoms with E-state index in [4.69, 9.17) is 0 Å². The molecule has 0 saturated carbocycles. The summed E-state index contributed by atoms with van der Waals surface area (Å²) in [6.45, 7) is 10.9. The van der Waals surface area contributed by atoms with Crippen LogP contribution in [0, 0.1) is 5.41 Å². The summed E-state index contributed by atoms with van der Waals surface area (Å²) in [7, 11) is 0. The first-order valence-corrected chi connectivity index (χ1v) is 13.4. The number of hydrogen-bond donors (Lipinski definition) is 2. The molecule has 192 valence electrons. The van der Waals surface area contributed by atoms with Gasteiger partial charge >= 0.3 is 0 Å². The van der Waals surface area contributed by atoms with Crippen molar-refractivity contribution in [2.75, 3.05) is 26.2 Å². The lowest BCUT2D eigenvalue weighted by Crippen LogP contribution is -2.62. The van der Waals surface area contributed by atoms with E-state index in [1.54, 1.807) is 12.4 Å². The second kappa shape index (κ2) is 11.0. The fourth-order valence-corrected chi connectivity index (χ4v) is 5.95. The van der Waals surface area contributed by atoms with Crippen molar-refractivity contribution in [1.29, 1.82) is 0 Å². The van der Waals surface area contributed by atoms with Crippen LogP contribution in [0.15, 0.2) is 49.1 Å². The lowest BCUT2D eigenvalue weighted by molar-refractivity contribution is -0.0401. The Bertz CT molecular complexity index is 1040. The first-order valence-electron chi connectivity index (χ1n) is 13.4. The highest BCUT2D eigenvalue weighted by atomic mass is 16.2. The zero-order valence-corrected chi connectivity index (χ0v) is 21.6. The molecule has 1 aromatic carbocycles. The van der Waals surface area contributed by atoms with Gasteiger partial charge in [0.2, 0.25) is 0 Å². The van der Waals surface area contributed by atoms with Gasteiger partial charge in [0.05, 0.1) is 13.1 Å². The number of likely N-dealkylation sites (tertiary alicyclic amines) is 2. The predicted molar refractivity (Wildman–Crippen MR) is 140 cm³/mol. The number of rotatable bonds is 10. The van der Waals surface area contributed by atoms with Crippen molar-refractivity contribution in [3.63, 3.8) is 0 Å². The van der Waals surface area contributed by atoms with Crippen molar-refractivity contribution in [1.82, 2.24) is 34.6 Å². The molecule has 4 heterocycles. The highest BCUT2D eigenvalue weighted by molar-refractivity contribution is 5.94. The second-order valence-electron chi connectivity index (χ2n) is 10.6. The zero-order valence-electron chi connectivity index (χ0n) is 21.6.